The minimum atomic E-state index is 0.358. The van der Waals surface area contributed by atoms with Crippen LogP contribution in [0.3, 0.4) is 0 Å². The number of anilines is 1. The molecule has 1 aromatic rings. The number of rotatable bonds is 5. The van der Waals surface area contributed by atoms with E-state index in [4.69, 9.17) is 11.6 Å². The summed E-state index contributed by atoms with van der Waals surface area (Å²) in [6.07, 6.45) is 1.93. The van der Waals surface area contributed by atoms with Crippen LogP contribution in [0.2, 0.25) is 5.02 Å². The molecule has 1 aromatic carbocycles. The number of hydrogen-bond donors (Lipinski definition) is 0. The van der Waals surface area contributed by atoms with Crippen molar-refractivity contribution in [1.82, 2.24) is 0 Å². The number of benzene rings is 1. The molecular formula is C13H18ClNO. The maximum atomic E-state index is 11.0. The predicted octanol–water partition coefficient (Wildman–Crippen LogP) is 3.78. The van der Waals surface area contributed by atoms with Gasteiger partial charge in [0.15, 0.2) is 6.29 Å². The van der Waals surface area contributed by atoms with E-state index < -0.39 is 0 Å². The van der Waals surface area contributed by atoms with Crippen molar-refractivity contribution < 1.29 is 4.79 Å². The molecule has 0 saturated heterocycles. The van der Waals surface area contributed by atoms with Gasteiger partial charge in [-0.2, -0.15) is 0 Å². The van der Waals surface area contributed by atoms with Crippen molar-refractivity contribution in [3.63, 3.8) is 0 Å². The number of carbonyl (C=O) groups excluding carboxylic acids is 1. The van der Waals surface area contributed by atoms with Gasteiger partial charge in [0.05, 0.1) is 0 Å². The lowest BCUT2D eigenvalue weighted by molar-refractivity contribution is 0.112. The SMILES string of the molecule is CCCN(c1cc(Cl)ccc1C=O)C(C)C. The average molecular weight is 240 g/mol. The highest BCUT2D eigenvalue weighted by molar-refractivity contribution is 6.31. The van der Waals surface area contributed by atoms with Crippen LogP contribution >= 0.6 is 11.6 Å². The largest absolute Gasteiger partial charge is 0.368 e. The molecule has 0 radical (unpaired) electrons. The summed E-state index contributed by atoms with van der Waals surface area (Å²) in [6, 6.07) is 5.74. The Balaban J connectivity index is 3.15. The van der Waals surface area contributed by atoms with Gasteiger partial charge in [-0.25, -0.2) is 0 Å². The Morgan fingerprint density at radius 3 is 2.62 bits per heavy atom. The Labute approximate surface area is 102 Å². The molecule has 2 nitrogen and oxygen atoms in total. The highest BCUT2D eigenvalue weighted by Crippen LogP contribution is 2.25. The lowest BCUT2D eigenvalue weighted by atomic mass is 10.1. The molecule has 16 heavy (non-hydrogen) atoms. The molecule has 0 heterocycles. The second-order valence-electron chi connectivity index (χ2n) is 4.11. The molecule has 0 spiro atoms. The van der Waals surface area contributed by atoms with Crippen molar-refractivity contribution in [2.45, 2.75) is 33.2 Å². The standard InChI is InChI=1S/C13H18ClNO/c1-4-7-15(10(2)3)13-8-12(14)6-5-11(13)9-16/h5-6,8-10H,4,7H2,1-3H3. The summed E-state index contributed by atoms with van der Waals surface area (Å²) in [5, 5.41) is 0.669. The fraction of sp³-hybridized carbons (Fsp3) is 0.462. The smallest absolute Gasteiger partial charge is 0.152 e. The molecule has 0 saturated carbocycles. The normalized spacial score (nSPS) is 10.6. The summed E-state index contributed by atoms with van der Waals surface area (Å²) in [7, 11) is 0. The van der Waals surface area contributed by atoms with Crippen molar-refractivity contribution >= 4 is 23.6 Å². The molecule has 0 unspecified atom stereocenters. The molecule has 0 aliphatic rings. The van der Waals surface area contributed by atoms with E-state index in [1.807, 2.05) is 6.07 Å². The van der Waals surface area contributed by atoms with Crippen LogP contribution in [0.4, 0.5) is 5.69 Å². The van der Waals surface area contributed by atoms with Gasteiger partial charge in [-0.15, -0.1) is 0 Å². The molecule has 1 rings (SSSR count). The van der Waals surface area contributed by atoms with Gasteiger partial charge in [0.1, 0.15) is 0 Å². The highest BCUT2D eigenvalue weighted by Gasteiger charge is 2.13. The van der Waals surface area contributed by atoms with Gasteiger partial charge < -0.3 is 4.90 Å². The molecule has 0 aromatic heterocycles. The fourth-order valence-electron chi connectivity index (χ4n) is 1.76. The average Bonchev–Trinajstić information content (AvgIpc) is 2.25. The second-order valence-corrected chi connectivity index (χ2v) is 4.54. The summed E-state index contributed by atoms with van der Waals surface area (Å²) in [4.78, 5) is 13.2. The lowest BCUT2D eigenvalue weighted by Gasteiger charge is -2.29. The van der Waals surface area contributed by atoms with E-state index in [1.165, 1.54) is 0 Å². The first-order valence-corrected chi connectivity index (χ1v) is 5.99. The van der Waals surface area contributed by atoms with Gasteiger partial charge in [-0.3, -0.25) is 4.79 Å². The van der Waals surface area contributed by atoms with Crippen LogP contribution in [-0.4, -0.2) is 18.9 Å². The number of halogens is 1. The summed E-state index contributed by atoms with van der Waals surface area (Å²) < 4.78 is 0. The maximum Gasteiger partial charge on any atom is 0.152 e. The van der Waals surface area contributed by atoms with Crippen LogP contribution in [-0.2, 0) is 0 Å². The second kappa shape index (κ2) is 5.90. The fourth-order valence-corrected chi connectivity index (χ4v) is 1.93. The van der Waals surface area contributed by atoms with Crippen molar-refractivity contribution in [3.8, 4) is 0 Å². The highest BCUT2D eigenvalue weighted by atomic mass is 35.5. The van der Waals surface area contributed by atoms with E-state index in [1.54, 1.807) is 12.1 Å². The Bertz CT molecular complexity index is 363. The van der Waals surface area contributed by atoms with E-state index in [0.717, 1.165) is 24.9 Å². The molecule has 3 heteroatoms. The van der Waals surface area contributed by atoms with Gasteiger partial charge >= 0.3 is 0 Å². The number of aldehydes is 1. The van der Waals surface area contributed by atoms with E-state index in [9.17, 15) is 4.79 Å². The summed E-state index contributed by atoms with van der Waals surface area (Å²) >= 11 is 5.98. The summed E-state index contributed by atoms with van der Waals surface area (Å²) in [5.41, 5.74) is 1.63. The zero-order valence-corrected chi connectivity index (χ0v) is 10.8. The summed E-state index contributed by atoms with van der Waals surface area (Å²) in [6.45, 7) is 7.29. The first kappa shape index (κ1) is 13.0. The zero-order valence-electron chi connectivity index (χ0n) is 10.0. The monoisotopic (exact) mass is 239 g/mol. The molecule has 0 aliphatic carbocycles. The van der Waals surface area contributed by atoms with Crippen LogP contribution in [0, 0.1) is 0 Å². The molecule has 0 atom stereocenters. The van der Waals surface area contributed by atoms with Gasteiger partial charge in [0.2, 0.25) is 0 Å². The van der Waals surface area contributed by atoms with Crippen molar-refractivity contribution in [2.75, 3.05) is 11.4 Å². The Morgan fingerprint density at radius 2 is 2.12 bits per heavy atom. The number of carbonyl (C=O) groups is 1. The minimum Gasteiger partial charge on any atom is -0.368 e. The molecular weight excluding hydrogens is 222 g/mol. The van der Waals surface area contributed by atoms with Gasteiger partial charge in [0, 0.05) is 28.9 Å². The van der Waals surface area contributed by atoms with E-state index in [0.29, 0.717) is 16.6 Å². The lowest BCUT2D eigenvalue weighted by Crippen LogP contribution is -2.32. The third kappa shape index (κ3) is 2.99. The third-order valence-corrected chi connectivity index (χ3v) is 2.75. The Morgan fingerprint density at radius 1 is 1.44 bits per heavy atom. The molecule has 88 valence electrons. The Hall–Kier alpha value is -1.02. The quantitative estimate of drug-likeness (QED) is 0.729. The Kier molecular flexibility index (Phi) is 4.81. The molecule has 0 fully saturated rings. The topological polar surface area (TPSA) is 20.3 Å². The van der Waals surface area contributed by atoms with Gasteiger partial charge in [-0.05, 0) is 38.5 Å². The van der Waals surface area contributed by atoms with Crippen molar-refractivity contribution in [3.05, 3.63) is 28.8 Å². The van der Waals surface area contributed by atoms with E-state index in [-0.39, 0.29) is 0 Å². The van der Waals surface area contributed by atoms with Crippen molar-refractivity contribution in [2.24, 2.45) is 0 Å². The first-order valence-electron chi connectivity index (χ1n) is 5.61. The number of hydrogen-bond acceptors (Lipinski definition) is 2. The zero-order chi connectivity index (χ0) is 12.1. The third-order valence-electron chi connectivity index (χ3n) is 2.52. The molecule has 0 aliphatic heterocycles. The van der Waals surface area contributed by atoms with Crippen molar-refractivity contribution in [1.29, 1.82) is 0 Å². The first-order chi connectivity index (χ1) is 7.60. The van der Waals surface area contributed by atoms with Gasteiger partial charge in [0.25, 0.3) is 0 Å². The molecule has 0 bridgehead atoms. The summed E-state index contributed by atoms with van der Waals surface area (Å²) in [5.74, 6) is 0. The van der Waals surface area contributed by atoms with E-state index in [2.05, 4.69) is 25.7 Å². The van der Waals surface area contributed by atoms with Gasteiger partial charge in [-0.1, -0.05) is 18.5 Å². The predicted molar refractivity (Wildman–Crippen MR) is 69.6 cm³/mol. The van der Waals surface area contributed by atoms with Crippen LogP contribution < -0.4 is 4.90 Å². The number of nitrogens with zero attached hydrogens (tertiary/aromatic N) is 1. The van der Waals surface area contributed by atoms with Crippen LogP contribution in [0.1, 0.15) is 37.6 Å². The van der Waals surface area contributed by atoms with E-state index >= 15 is 0 Å². The van der Waals surface area contributed by atoms with Crippen LogP contribution in [0.15, 0.2) is 18.2 Å². The molecule has 0 amide bonds. The molecule has 0 N–H and O–H groups in total. The minimum absolute atomic E-state index is 0.358. The van der Waals surface area contributed by atoms with Crippen LogP contribution in [0.5, 0.6) is 0 Å². The maximum absolute atomic E-state index is 11.0. The van der Waals surface area contributed by atoms with Crippen LogP contribution in [0.25, 0.3) is 0 Å².